The van der Waals surface area contributed by atoms with Crippen LogP contribution in [0, 0.1) is 13.8 Å². The smallest absolute Gasteiger partial charge is 0.412 e. The Balaban J connectivity index is 1.76. The summed E-state index contributed by atoms with van der Waals surface area (Å²) in [5, 5.41) is 5.28. The summed E-state index contributed by atoms with van der Waals surface area (Å²) in [5.74, 6) is 1.17. The van der Waals surface area contributed by atoms with Crippen LogP contribution in [-0.2, 0) is 4.79 Å². The van der Waals surface area contributed by atoms with Crippen molar-refractivity contribution in [3.8, 4) is 11.5 Å². The molecule has 0 spiro atoms. The van der Waals surface area contributed by atoms with Gasteiger partial charge in [0.25, 0.3) is 0 Å². The highest BCUT2D eigenvalue weighted by Gasteiger charge is 2.34. The van der Waals surface area contributed by atoms with Crippen molar-refractivity contribution in [1.29, 1.82) is 0 Å². The van der Waals surface area contributed by atoms with Crippen molar-refractivity contribution in [1.82, 2.24) is 5.32 Å². The Kier molecular flexibility index (Phi) is 6.36. The Morgan fingerprint density at radius 2 is 1.67 bits per heavy atom. The van der Waals surface area contributed by atoms with Gasteiger partial charge in [0, 0.05) is 43.1 Å². The van der Waals surface area contributed by atoms with Crippen molar-refractivity contribution >= 4 is 17.7 Å². The Morgan fingerprint density at radius 3 is 2.33 bits per heavy atom. The van der Waals surface area contributed by atoms with Crippen molar-refractivity contribution in [2.45, 2.75) is 32.6 Å². The number of amides is 2. The van der Waals surface area contributed by atoms with E-state index in [-0.39, 0.29) is 17.7 Å². The van der Waals surface area contributed by atoms with Gasteiger partial charge in [-0.2, -0.15) is 0 Å². The topological polar surface area (TPSA) is 76.7 Å². The van der Waals surface area contributed by atoms with E-state index in [4.69, 9.17) is 9.47 Å². The molecule has 3 aromatic rings. The second-order valence-corrected chi connectivity index (χ2v) is 8.38. The molecule has 2 N–H and O–H groups in total. The minimum Gasteiger partial charge on any atom is -0.492 e. The zero-order valence-electron chi connectivity index (χ0n) is 19.3. The molecule has 0 aromatic heterocycles. The number of ether oxygens (including phenoxy) is 2. The third kappa shape index (κ3) is 4.85. The number of carbonyl (C=O) groups excluding carboxylic acids is 2. The third-order valence-electron chi connectivity index (χ3n) is 6.10. The second-order valence-electron chi connectivity index (χ2n) is 8.38. The van der Waals surface area contributed by atoms with Crippen LogP contribution in [0.3, 0.4) is 0 Å². The van der Waals surface area contributed by atoms with E-state index in [1.54, 1.807) is 12.1 Å². The van der Waals surface area contributed by atoms with E-state index < -0.39 is 6.09 Å². The first-order valence-electron chi connectivity index (χ1n) is 11.0. The van der Waals surface area contributed by atoms with Gasteiger partial charge in [-0.1, -0.05) is 36.4 Å². The number of anilines is 1. The molecule has 6 heteroatoms. The van der Waals surface area contributed by atoms with Gasteiger partial charge < -0.3 is 20.1 Å². The molecule has 0 unspecified atom stereocenters. The molecule has 0 fully saturated rings. The van der Waals surface area contributed by atoms with E-state index >= 15 is 0 Å². The Labute approximate surface area is 193 Å². The second kappa shape index (κ2) is 9.36. The lowest BCUT2D eigenvalue weighted by Crippen LogP contribution is -2.26. The Morgan fingerprint density at radius 1 is 0.939 bits per heavy atom. The molecule has 6 nitrogen and oxygen atoms in total. The summed E-state index contributed by atoms with van der Waals surface area (Å²) in [4.78, 5) is 23.1. The number of rotatable bonds is 4. The highest BCUT2D eigenvalue weighted by molar-refractivity contribution is 5.88. The largest absolute Gasteiger partial charge is 0.492 e. The van der Waals surface area contributed by atoms with Gasteiger partial charge in [0.1, 0.15) is 11.5 Å². The molecule has 4 rings (SSSR count). The molecule has 0 saturated carbocycles. The van der Waals surface area contributed by atoms with Crippen LogP contribution in [-0.4, -0.2) is 25.7 Å². The Bertz CT molecular complexity index is 1190. The summed E-state index contributed by atoms with van der Waals surface area (Å²) in [6, 6.07) is 20.0. The van der Waals surface area contributed by atoms with Crippen molar-refractivity contribution in [3.05, 3.63) is 88.5 Å². The van der Waals surface area contributed by atoms with Crippen LogP contribution < -0.4 is 20.1 Å². The maximum atomic E-state index is 11.6. The van der Waals surface area contributed by atoms with Crippen LogP contribution in [0.5, 0.6) is 11.5 Å². The Hall–Kier alpha value is -3.80. The third-order valence-corrected chi connectivity index (χ3v) is 6.10. The van der Waals surface area contributed by atoms with E-state index in [2.05, 4.69) is 42.7 Å². The molecule has 33 heavy (non-hydrogen) atoms. The van der Waals surface area contributed by atoms with Crippen LogP contribution in [0.4, 0.5) is 10.5 Å². The minimum absolute atomic E-state index is 0.0382. The molecule has 0 bridgehead atoms. The van der Waals surface area contributed by atoms with Gasteiger partial charge in [0.15, 0.2) is 0 Å². The summed E-state index contributed by atoms with van der Waals surface area (Å²) >= 11 is 0. The average molecular weight is 445 g/mol. The molecule has 0 radical (unpaired) electrons. The van der Waals surface area contributed by atoms with E-state index in [1.807, 2.05) is 30.3 Å². The molecular weight excluding hydrogens is 416 g/mol. The average Bonchev–Trinajstić information content (AvgIpc) is 2.80. The van der Waals surface area contributed by atoms with E-state index in [0.717, 1.165) is 16.8 Å². The number of carbonyl (C=O) groups is 2. The van der Waals surface area contributed by atoms with E-state index in [1.165, 1.54) is 30.7 Å². The fourth-order valence-corrected chi connectivity index (χ4v) is 4.28. The van der Waals surface area contributed by atoms with Crippen molar-refractivity contribution in [3.63, 3.8) is 0 Å². The number of hydrogen-bond acceptors (Lipinski definition) is 4. The number of hydrogen-bond donors (Lipinski definition) is 2. The zero-order chi connectivity index (χ0) is 23.5. The molecule has 1 aliphatic heterocycles. The van der Waals surface area contributed by atoms with Gasteiger partial charge >= 0.3 is 6.09 Å². The molecule has 2 atom stereocenters. The number of fused-ring (bicyclic) bond motifs is 1. The monoisotopic (exact) mass is 444 g/mol. The molecule has 170 valence electrons. The maximum Gasteiger partial charge on any atom is 0.412 e. The number of nitrogens with one attached hydrogen (secondary N) is 2. The lowest BCUT2D eigenvalue weighted by molar-refractivity contribution is -0.114. The van der Waals surface area contributed by atoms with Crippen LogP contribution in [0.25, 0.3) is 0 Å². The fraction of sp³-hybridized carbons (Fsp3) is 0.259. The van der Waals surface area contributed by atoms with Crippen LogP contribution in [0.1, 0.15) is 46.6 Å². The number of aryl methyl sites for hydroxylation is 2. The van der Waals surface area contributed by atoms with Crippen LogP contribution >= 0.6 is 0 Å². The van der Waals surface area contributed by atoms with Crippen molar-refractivity contribution in [2.75, 3.05) is 19.0 Å². The lowest BCUT2D eigenvalue weighted by Gasteiger charge is -2.35. The molecule has 0 aliphatic carbocycles. The van der Waals surface area contributed by atoms with Gasteiger partial charge in [0.2, 0.25) is 5.91 Å². The molecule has 3 aromatic carbocycles. The molecule has 2 amide bonds. The predicted octanol–water partition coefficient (Wildman–Crippen LogP) is 5.29. The maximum absolute atomic E-state index is 11.6. The molecule has 1 heterocycles. The van der Waals surface area contributed by atoms with Crippen molar-refractivity contribution in [2.24, 2.45) is 0 Å². The molecule has 0 saturated heterocycles. The normalized spacial score (nSPS) is 16.8. The SMILES string of the molecule is CNC(=O)Oc1ccc2c(c1)OC[C@@H](c1ccc(C)c(C)c1)[C@H]2c1ccc(NC(C)=O)cc1. The van der Waals surface area contributed by atoms with Gasteiger partial charge in [-0.05, 0) is 54.3 Å². The standard InChI is InChI=1S/C27H28N2O4/c1-16-5-6-20(13-17(16)2)24-15-32-25-14-22(33-27(31)28-4)11-12-23(25)26(24)19-7-9-21(10-8-19)29-18(3)30/h5-14,24,26H,15H2,1-4H3,(H,28,31)(H,29,30)/t24-,26-/m0/s1. The summed E-state index contributed by atoms with van der Waals surface area (Å²) < 4.78 is 11.5. The molecular formula is C27H28N2O4. The zero-order valence-corrected chi connectivity index (χ0v) is 19.3. The van der Waals surface area contributed by atoms with Crippen molar-refractivity contribution < 1.29 is 19.1 Å². The predicted molar refractivity (Wildman–Crippen MR) is 128 cm³/mol. The van der Waals surface area contributed by atoms with Crippen LogP contribution in [0.15, 0.2) is 60.7 Å². The van der Waals surface area contributed by atoms with Gasteiger partial charge in [-0.15, -0.1) is 0 Å². The first kappa shape index (κ1) is 22.4. The van der Waals surface area contributed by atoms with Gasteiger partial charge in [-0.3, -0.25) is 4.79 Å². The van der Waals surface area contributed by atoms with E-state index in [9.17, 15) is 9.59 Å². The van der Waals surface area contributed by atoms with Crippen LogP contribution in [0.2, 0.25) is 0 Å². The highest BCUT2D eigenvalue weighted by atomic mass is 16.6. The van der Waals surface area contributed by atoms with Gasteiger partial charge in [0.05, 0.1) is 6.61 Å². The quantitative estimate of drug-likeness (QED) is 0.573. The highest BCUT2D eigenvalue weighted by Crippen LogP contribution is 2.47. The summed E-state index contributed by atoms with van der Waals surface area (Å²) in [7, 11) is 1.52. The van der Waals surface area contributed by atoms with Gasteiger partial charge in [-0.25, -0.2) is 4.79 Å². The summed E-state index contributed by atoms with van der Waals surface area (Å²) in [5.41, 5.74) is 6.62. The first-order chi connectivity index (χ1) is 15.9. The summed E-state index contributed by atoms with van der Waals surface area (Å²) in [6.07, 6.45) is -0.524. The lowest BCUT2D eigenvalue weighted by atomic mass is 9.75. The van der Waals surface area contributed by atoms with E-state index in [0.29, 0.717) is 18.1 Å². The first-order valence-corrected chi connectivity index (χ1v) is 11.0. The number of benzene rings is 3. The molecule has 1 aliphatic rings. The summed E-state index contributed by atoms with van der Waals surface area (Å²) in [6.45, 7) is 6.22. The minimum atomic E-state index is -0.524. The fourth-order valence-electron chi connectivity index (χ4n) is 4.28.